The first-order chi connectivity index (χ1) is 8.33. The molecular weight excluding hydrogens is 250 g/mol. The van der Waals surface area contributed by atoms with Gasteiger partial charge in [-0.05, 0) is 6.92 Å². The standard InChI is InChI=1S/C12H17N3S2/c1-3-6-16-7-4-13-9-11-10(2)14-12-15(11)5-8-17-12/h3,5,8,13H,1,4,6-7,9H2,2H3. The molecule has 0 bridgehead atoms. The van der Waals surface area contributed by atoms with E-state index in [2.05, 4.69) is 39.8 Å². The fraction of sp³-hybridized carbons (Fsp3) is 0.417. The Morgan fingerprint density at radius 3 is 3.35 bits per heavy atom. The maximum Gasteiger partial charge on any atom is 0.194 e. The van der Waals surface area contributed by atoms with Gasteiger partial charge in [-0.1, -0.05) is 6.08 Å². The third kappa shape index (κ3) is 3.12. The molecule has 0 saturated carbocycles. The number of nitrogens with one attached hydrogen (secondary N) is 1. The summed E-state index contributed by atoms with van der Waals surface area (Å²) < 4.78 is 2.17. The van der Waals surface area contributed by atoms with Gasteiger partial charge < -0.3 is 5.32 Å². The van der Waals surface area contributed by atoms with Gasteiger partial charge in [-0.25, -0.2) is 4.98 Å². The Morgan fingerprint density at radius 1 is 1.65 bits per heavy atom. The number of nitrogens with zero attached hydrogens (tertiary/aromatic N) is 2. The largest absolute Gasteiger partial charge is 0.310 e. The van der Waals surface area contributed by atoms with Crippen LogP contribution in [0.15, 0.2) is 24.2 Å². The lowest BCUT2D eigenvalue weighted by molar-refractivity contribution is 0.707. The number of thiazole rings is 1. The molecule has 0 aliphatic carbocycles. The molecule has 0 aliphatic rings. The fourth-order valence-electron chi connectivity index (χ4n) is 1.67. The van der Waals surface area contributed by atoms with Gasteiger partial charge in [0.15, 0.2) is 4.96 Å². The maximum atomic E-state index is 4.52. The molecule has 3 nitrogen and oxygen atoms in total. The van der Waals surface area contributed by atoms with E-state index in [1.54, 1.807) is 11.3 Å². The van der Waals surface area contributed by atoms with Crippen LogP contribution in [0.25, 0.3) is 4.96 Å². The quantitative estimate of drug-likeness (QED) is 0.618. The lowest BCUT2D eigenvalue weighted by Gasteiger charge is -2.04. The van der Waals surface area contributed by atoms with Crippen molar-refractivity contribution in [3.05, 3.63) is 35.6 Å². The summed E-state index contributed by atoms with van der Waals surface area (Å²) in [6.07, 6.45) is 4.03. The summed E-state index contributed by atoms with van der Waals surface area (Å²) in [4.78, 5) is 5.61. The summed E-state index contributed by atoms with van der Waals surface area (Å²) in [6, 6.07) is 0. The minimum atomic E-state index is 0.887. The molecule has 2 aromatic rings. The Labute approximate surface area is 110 Å². The summed E-state index contributed by atoms with van der Waals surface area (Å²) in [6.45, 7) is 7.69. The van der Waals surface area contributed by atoms with Crippen LogP contribution in [0.3, 0.4) is 0 Å². The van der Waals surface area contributed by atoms with Crippen LogP contribution in [0.2, 0.25) is 0 Å². The SMILES string of the molecule is C=CCSCCNCc1c(C)nc2sccn12. The van der Waals surface area contributed by atoms with Crippen LogP contribution in [0.4, 0.5) is 0 Å². The first kappa shape index (κ1) is 12.7. The van der Waals surface area contributed by atoms with E-state index in [0.29, 0.717) is 0 Å². The van der Waals surface area contributed by atoms with Gasteiger partial charge in [-0.15, -0.1) is 17.9 Å². The number of aromatic nitrogens is 2. The molecule has 0 aromatic carbocycles. The van der Waals surface area contributed by atoms with Gasteiger partial charge in [-0.3, -0.25) is 4.40 Å². The van der Waals surface area contributed by atoms with Crippen molar-refractivity contribution in [2.24, 2.45) is 0 Å². The number of thioether (sulfide) groups is 1. The number of aryl methyl sites for hydroxylation is 1. The molecule has 2 heterocycles. The normalized spacial score (nSPS) is 11.1. The van der Waals surface area contributed by atoms with Crippen LogP contribution in [-0.4, -0.2) is 27.4 Å². The zero-order valence-electron chi connectivity index (χ0n) is 9.98. The third-order valence-electron chi connectivity index (χ3n) is 2.51. The number of rotatable bonds is 7. The summed E-state index contributed by atoms with van der Waals surface area (Å²) in [5, 5.41) is 5.53. The minimum absolute atomic E-state index is 0.887. The molecule has 0 aliphatic heterocycles. The van der Waals surface area contributed by atoms with Crippen molar-refractivity contribution < 1.29 is 0 Å². The highest BCUT2D eigenvalue weighted by Crippen LogP contribution is 2.16. The monoisotopic (exact) mass is 267 g/mol. The van der Waals surface area contributed by atoms with E-state index in [0.717, 1.165) is 35.3 Å². The second-order valence-corrected chi connectivity index (χ2v) is 5.76. The highest BCUT2D eigenvalue weighted by molar-refractivity contribution is 7.99. The van der Waals surface area contributed by atoms with Gasteiger partial charge in [-0.2, -0.15) is 11.8 Å². The number of hydrogen-bond donors (Lipinski definition) is 1. The van der Waals surface area contributed by atoms with Crippen LogP contribution in [0.1, 0.15) is 11.4 Å². The first-order valence-electron chi connectivity index (χ1n) is 5.63. The van der Waals surface area contributed by atoms with E-state index >= 15 is 0 Å². The van der Waals surface area contributed by atoms with Gasteiger partial charge in [0.1, 0.15) is 0 Å². The smallest absolute Gasteiger partial charge is 0.194 e. The van der Waals surface area contributed by atoms with Crippen LogP contribution < -0.4 is 5.32 Å². The predicted octanol–water partition coefficient (Wildman–Crippen LogP) is 2.71. The molecule has 2 rings (SSSR count). The van der Waals surface area contributed by atoms with E-state index in [4.69, 9.17) is 0 Å². The Hall–Kier alpha value is -0.780. The Bertz CT molecular complexity index is 487. The predicted molar refractivity (Wildman–Crippen MR) is 77.0 cm³/mol. The van der Waals surface area contributed by atoms with Gasteiger partial charge in [0.25, 0.3) is 0 Å². The molecule has 5 heteroatoms. The van der Waals surface area contributed by atoms with E-state index < -0.39 is 0 Å². The summed E-state index contributed by atoms with van der Waals surface area (Å²) >= 11 is 3.58. The average Bonchev–Trinajstić information content (AvgIpc) is 2.85. The van der Waals surface area contributed by atoms with E-state index in [-0.39, 0.29) is 0 Å². The van der Waals surface area contributed by atoms with E-state index in [9.17, 15) is 0 Å². The van der Waals surface area contributed by atoms with Crippen LogP contribution in [0, 0.1) is 6.92 Å². The Balaban J connectivity index is 1.84. The molecule has 92 valence electrons. The topological polar surface area (TPSA) is 29.3 Å². The highest BCUT2D eigenvalue weighted by Gasteiger charge is 2.08. The lowest BCUT2D eigenvalue weighted by atomic mass is 10.3. The molecule has 1 N–H and O–H groups in total. The lowest BCUT2D eigenvalue weighted by Crippen LogP contribution is -2.18. The van der Waals surface area contributed by atoms with Crippen LogP contribution in [-0.2, 0) is 6.54 Å². The van der Waals surface area contributed by atoms with E-state index in [1.165, 1.54) is 5.69 Å². The fourth-order valence-corrected chi connectivity index (χ4v) is 3.07. The highest BCUT2D eigenvalue weighted by atomic mass is 32.2. The second kappa shape index (κ2) is 6.23. The summed E-state index contributed by atoms with van der Waals surface area (Å²) in [7, 11) is 0. The van der Waals surface area contributed by atoms with Gasteiger partial charge in [0.05, 0.1) is 11.4 Å². The molecular formula is C12H17N3S2. The van der Waals surface area contributed by atoms with Crippen molar-refractivity contribution in [2.45, 2.75) is 13.5 Å². The van der Waals surface area contributed by atoms with Crippen LogP contribution >= 0.6 is 23.1 Å². The van der Waals surface area contributed by atoms with Crippen molar-refractivity contribution in [1.82, 2.24) is 14.7 Å². The molecule has 0 atom stereocenters. The first-order valence-corrected chi connectivity index (χ1v) is 7.66. The second-order valence-electron chi connectivity index (χ2n) is 3.74. The number of fused-ring (bicyclic) bond motifs is 1. The molecule has 0 spiro atoms. The number of hydrogen-bond acceptors (Lipinski definition) is 4. The van der Waals surface area contributed by atoms with Crippen molar-refractivity contribution in [2.75, 3.05) is 18.1 Å². The zero-order valence-corrected chi connectivity index (χ0v) is 11.6. The molecule has 0 fully saturated rings. The number of imidazole rings is 1. The van der Waals surface area contributed by atoms with E-state index in [1.807, 2.05) is 17.8 Å². The Morgan fingerprint density at radius 2 is 2.53 bits per heavy atom. The average molecular weight is 267 g/mol. The van der Waals surface area contributed by atoms with Gasteiger partial charge >= 0.3 is 0 Å². The van der Waals surface area contributed by atoms with Gasteiger partial charge in [0, 0.05) is 36.2 Å². The van der Waals surface area contributed by atoms with Gasteiger partial charge in [0.2, 0.25) is 0 Å². The van der Waals surface area contributed by atoms with Crippen molar-refractivity contribution in [1.29, 1.82) is 0 Å². The van der Waals surface area contributed by atoms with Crippen molar-refractivity contribution in [3.63, 3.8) is 0 Å². The summed E-state index contributed by atoms with van der Waals surface area (Å²) in [5.74, 6) is 2.15. The maximum absolute atomic E-state index is 4.52. The Kier molecular flexibility index (Phi) is 4.65. The summed E-state index contributed by atoms with van der Waals surface area (Å²) in [5.41, 5.74) is 2.40. The van der Waals surface area contributed by atoms with Crippen molar-refractivity contribution >= 4 is 28.1 Å². The zero-order chi connectivity index (χ0) is 12.1. The van der Waals surface area contributed by atoms with Crippen molar-refractivity contribution in [3.8, 4) is 0 Å². The molecule has 0 unspecified atom stereocenters. The third-order valence-corrected chi connectivity index (χ3v) is 4.23. The molecule has 0 amide bonds. The molecule has 0 radical (unpaired) electrons. The van der Waals surface area contributed by atoms with Crippen LogP contribution in [0.5, 0.6) is 0 Å². The molecule has 17 heavy (non-hydrogen) atoms. The molecule has 2 aromatic heterocycles. The molecule has 0 saturated heterocycles. The minimum Gasteiger partial charge on any atom is -0.310 e.